The zero-order chi connectivity index (χ0) is 8.39. The minimum absolute atomic E-state index is 0.663. The van der Waals surface area contributed by atoms with Crippen molar-refractivity contribution < 1.29 is 0 Å². The molecule has 66 valence electrons. The fraction of sp³-hybridized carbons (Fsp3) is 0.667. The highest BCUT2D eigenvalue weighted by Crippen LogP contribution is 2.23. The van der Waals surface area contributed by atoms with Gasteiger partial charge in [0.05, 0.1) is 0 Å². The Balaban J connectivity index is 1.99. The summed E-state index contributed by atoms with van der Waals surface area (Å²) in [5.41, 5.74) is 0. The molecule has 0 spiro atoms. The van der Waals surface area contributed by atoms with E-state index in [1.807, 2.05) is 12.4 Å². The van der Waals surface area contributed by atoms with Gasteiger partial charge in [0.25, 0.3) is 0 Å². The topological polar surface area (TPSA) is 31.9 Å². The highest BCUT2D eigenvalue weighted by atomic mass is 15.1. The number of aromatic amines is 1. The summed E-state index contributed by atoms with van der Waals surface area (Å²) < 4.78 is 0. The summed E-state index contributed by atoms with van der Waals surface area (Å²) in [5, 5.41) is 0. The lowest BCUT2D eigenvalue weighted by atomic mass is 9.97. The van der Waals surface area contributed by atoms with Crippen molar-refractivity contribution in [3.63, 3.8) is 0 Å². The van der Waals surface area contributed by atoms with E-state index in [1.165, 1.54) is 31.8 Å². The molecule has 12 heavy (non-hydrogen) atoms. The van der Waals surface area contributed by atoms with Crippen molar-refractivity contribution in [3.8, 4) is 0 Å². The summed E-state index contributed by atoms with van der Waals surface area (Å²) in [6.45, 7) is 2.40. The van der Waals surface area contributed by atoms with E-state index in [9.17, 15) is 0 Å². The van der Waals surface area contributed by atoms with Gasteiger partial charge in [-0.3, -0.25) is 0 Å². The predicted molar refractivity (Wildman–Crippen MR) is 48.1 cm³/mol. The molecule has 1 fully saturated rings. The zero-order valence-electron chi connectivity index (χ0n) is 7.45. The lowest BCUT2D eigenvalue weighted by Gasteiger charge is -2.27. The van der Waals surface area contributed by atoms with Crippen LogP contribution in [0.15, 0.2) is 12.4 Å². The van der Waals surface area contributed by atoms with Gasteiger partial charge in [-0.15, -0.1) is 0 Å². The van der Waals surface area contributed by atoms with Crippen LogP contribution in [0, 0.1) is 0 Å². The molecular formula is C9H15N3. The summed E-state index contributed by atoms with van der Waals surface area (Å²) in [5.74, 6) is 1.83. The lowest BCUT2D eigenvalue weighted by Crippen LogP contribution is -2.29. The Bertz CT molecular complexity index is 222. The van der Waals surface area contributed by atoms with E-state index in [0.29, 0.717) is 5.92 Å². The fourth-order valence-corrected chi connectivity index (χ4v) is 1.78. The standard InChI is InChI=1S/C9H15N3/c1-12-6-2-8(3-7-12)9-10-4-5-11-9/h4-5,8H,2-3,6-7H2,1H3,(H,10,11). The van der Waals surface area contributed by atoms with Gasteiger partial charge in [0.2, 0.25) is 0 Å². The Kier molecular flexibility index (Phi) is 2.13. The predicted octanol–water partition coefficient (Wildman–Crippen LogP) is 1.22. The molecule has 1 N–H and O–H groups in total. The number of hydrogen-bond acceptors (Lipinski definition) is 2. The van der Waals surface area contributed by atoms with Crippen molar-refractivity contribution >= 4 is 0 Å². The number of imidazole rings is 1. The van der Waals surface area contributed by atoms with Gasteiger partial charge in [0, 0.05) is 18.3 Å². The second-order valence-electron chi connectivity index (χ2n) is 3.55. The molecule has 2 rings (SSSR count). The molecule has 0 aromatic carbocycles. The van der Waals surface area contributed by atoms with Crippen molar-refractivity contribution in [2.45, 2.75) is 18.8 Å². The minimum atomic E-state index is 0.663. The Morgan fingerprint density at radius 3 is 2.83 bits per heavy atom. The first kappa shape index (κ1) is 7.80. The van der Waals surface area contributed by atoms with E-state index < -0.39 is 0 Å². The molecule has 1 aromatic rings. The van der Waals surface area contributed by atoms with Crippen LogP contribution in [0.1, 0.15) is 24.6 Å². The molecule has 2 heterocycles. The summed E-state index contributed by atoms with van der Waals surface area (Å²) in [6, 6.07) is 0. The van der Waals surface area contributed by atoms with Crippen molar-refractivity contribution in [3.05, 3.63) is 18.2 Å². The van der Waals surface area contributed by atoms with Crippen LogP contribution in [0.3, 0.4) is 0 Å². The maximum absolute atomic E-state index is 4.29. The first-order valence-electron chi connectivity index (χ1n) is 4.54. The molecule has 0 amide bonds. The van der Waals surface area contributed by atoms with E-state index in [2.05, 4.69) is 21.9 Å². The van der Waals surface area contributed by atoms with Crippen LogP contribution in [0.2, 0.25) is 0 Å². The molecule has 1 saturated heterocycles. The second-order valence-corrected chi connectivity index (χ2v) is 3.55. The number of rotatable bonds is 1. The first-order valence-corrected chi connectivity index (χ1v) is 4.54. The molecular weight excluding hydrogens is 150 g/mol. The maximum Gasteiger partial charge on any atom is 0.109 e. The SMILES string of the molecule is CN1CCC(c2ncc[nH]2)CC1. The number of likely N-dealkylation sites (tertiary alicyclic amines) is 1. The zero-order valence-corrected chi connectivity index (χ0v) is 7.45. The first-order chi connectivity index (χ1) is 5.86. The number of hydrogen-bond donors (Lipinski definition) is 1. The Hall–Kier alpha value is -0.830. The highest BCUT2D eigenvalue weighted by molar-refractivity contribution is 4.98. The molecule has 1 aliphatic heterocycles. The van der Waals surface area contributed by atoms with Crippen LogP contribution >= 0.6 is 0 Å². The molecule has 0 unspecified atom stereocenters. The molecule has 1 aliphatic rings. The van der Waals surface area contributed by atoms with Crippen molar-refractivity contribution in [1.29, 1.82) is 0 Å². The van der Waals surface area contributed by atoms with Gasteiger partial charge in [-0.2, -0.15) is 0 Å². The molecule has 0 radical (unpaired) electrons. The average molecular weight is 165 g/mol. The Morgan fingerprint density at radius 2 is 2.25 bits per heavy atom. The number of H-pyrrole nitrogens is 1. The van der Waals surface area contributed by atoms with Crippen LogP contribution in [0.4, 0.5) is 0 Å². The Morgan fingerprint density at radius 1 is 1.50 bits per heavy atom. The number of piperidine rings is 1. The van der Waals surface area contributed by atoms with Crippen LogP contribution in [-0.2, 0) is 0 Å². The lowest BCUT2D eigenvalue weighted by molar-refractivity contribution is 0.251. The van der Waals surface area contributed by atoms with E-state index in [-0.39, 0.29) is 0 Å². The monoisotopic (exact) mass is 165 g/mol. The molecule has 1 aromatic heterocycles. The molecule has 0 atom stereocenters. The fourth-order valence-electron chi connectivity index (χ4n) is 1.78. The summed E-state index contributed by atoms with van der Waals surface area (Å²) in [7, 11) is 2.18. The van der Waals surface area contributed by atoms with Gasteiger partial charge < -0.3 is 9.88 Å². The van der Waals surface area contributed by atoms with E-state index in [0.717, 1.165) is 0 Å². The molecule has 0 bridgehead atoms. The third-order valence-electron chi connectivity index (χ3n) is 2.62. The van der Waals surface area contributed by atoms with Crippen LogP contribution in [-0.4, -0.2) is 35.0 Å². The molecule has 3 heteroatoms. The average Bonchev–Trinajstić information content (AvgIpc) is 2.58. The number of nitrogens with zero attached hydrogens (tertiary/aromatic N) is 2. The van der Waals surface area contributed by atoms with E-state index >= 15 is 0 Å². The smallest absolute Gasteiger partial charge is 0.109 e. The van der Waals surface area contributed by atoms with E-state index in [1.54, 1.807) is 0 Å². The Labute approximate surface area is 72.8 Å². The molecule has 3 nitrogen and oxygen atoms in total. The molecule has 0 saturated carbocycles. The largest absolute Gasteiger partial charge is 0.348 e. The van der Waals surface area contributed by atoms with Crippen molar-refractivity contribution in [1.82, 2.24) is 14.9 Å². The number of aromatic nitrogens is 2. The normalized spacial score (nSPS) is 21.4. The van der Waals surface area contributed by atoms with Crippen LogP contribution < -0.4 is 0 Å². The summed E-state index contributed by atoms with van der Waals surface area (Å²) >= 11 is 0. The van der Waals surface area contributed by atoms with Crippen molar-refractivity contribution in [2.24, 2.45) is 0 Å². The van der Waals surface area contributed by atoms with Gasteiger partial charge in [0.1, 0.15) is 5.82 Å². The second kappa shape index (κ2) is 3.27. The van der Waals surface area contributed by atoms with Crippen molar-refractivity contribution in [2.75, 3.05) is 20.1 Å². The van der Waals surface area contributed by atoms with Crippen LogP contribution in [0.5, 0.6) is 0 Å². The summed E-state index contributed by atoms with van der Waals surface area (Å²) in [6.07, 6.45) is 6.23. The molecule has 0 aliphatic carbocycles. The minimum Gasteiger partial charge on any atom is -0.348 e. The summed E-state index contributed by atoms with van der Waals surface area (Å²) in [4.78, 5) is 9.86. The third kappa shape index (κ3) is 1.50. The number of nitrogens with one attached hydrogen (secondary N) is 1. The third-order valence-corrected chi connectivity index (χ3v) is 2.62. The van der Waals surface area contributed by atoms with Gasteiger partial charge in [-0.1, -0.05) is 0 Å². The maximum atomic E-state index is 4.29. The van der Waals surface area contributed by atoms with Gasteiger partial charge in [-0.25, -0.2) is 4.98 Å². The highest BCUT2D eigenvalue weighted by Gasteiger charge is 2.19. The van der Waals surface area contributed by atoms with E-state index in [4.69, 9.17) is 0 Å². The quantitative estimate of drug-likeness (QED) is 0.678. The van der Waals surface area contributed by atoms with Gasteiger partial charge in [0.15, 0.2) is 0 Å². The van der Waals surface area contributed by atoms with Gasteiger partial charge in [-0.05, 0) is 33.0 Å². The van der Waals surface area contributed by atoms with Crippen LogP contribution in [0.25, 0.3) is 0 Å². The van der Waals surface area contributed by atoms with Gasteiger partial charge >= 0.3 is 0 Å².